The first-order valence-corrected chi connectivity index (χ1v) is 6.25. The number of rotatable bonds is 2. The van der Waals surface area contributed by atoms with Crippen molar-refractivity contribution in [2.75, 3.05) is 5.73 Å². The lowest BCUT2D eigenvalue weighted by Crippen LogP contribution is -2.10. The molecular formula is C11H15NOS. The number of nitrogens with two attached hydrogens (primary N) is 1. The Balaban J connectivity index is 2.17. The van der Waals surface area contributed by atoms with E-state index in [1.165, 1.54) is 12.8 Å². The zero-order chi connectivity index (χ0) is 9.97. The molecule has 1 saturated carbocycles. The van der Waals surface area contributed by atoms with E-state index in [2.05, 4.69) is 0 Å². The quantitative estimate of drug-likeness (QED) is 0.760. The summed E-state index contributed by atoms with van der Waals surface area (Å²) in [6, 6.07) is 7.44. The molecule has 76 valence electrons. The lowest BCUT2D eigenvalue weighted by atomic mass is 10.3. The number of benzene rings is 1. The van der Waals surface area contributed by atoms with E-state index in [1.807, 2.05) is 24.3 Å². The van der Waals surface area contributed by atoms with Crippen LogP contribution < -0.4 is 5.73 Å². The molecule has 0 bridgehead atoms. The second kappa shape index (κ2) is 4.13. The third kappa shape index (κ3) is 1.98. The topological polar surface area (TPSA) is 43.1 Å². The predicted octanol–water partition coefficient (Wildman–Crippen LogP) is 2.32. The summed E-state index contributed by atoms with van der Waals surface area (Å²) in [7, 11) is -0.849. The van der Waals surface area contributed by atoms with Gasteiger partial charge in [-0.1, -0.05) is 18.9 Å². The van der Waals surface area contributed by atoms with E-state index in [0.29, 0.717) is 10.9 Å². The monoisotopic (exact) mass is 209 g/mol. The van der Waals surface area contributed by atoms with Crippen molar-refractivity contribution in [3.63, 3.8) is 0 Å². The Bertz CT molecular complexity index is 345. The number of hydrogen-bond acceptors (Lipinski definition) is 2. The molecule has 0 aromatic heterocycles. The van der Waals surface area contributed by atoms with Gasteiger partial charge in [0.25, 0.3) is 0 Å². The fraction of sp³-hybridized carbons (Fsp3) is 0.455. The first-order valence-electron chi connectivity index (χ1n) is 5.03. The van der Waals surface area contributed by atoms with E-state index in [9.17, 15) is 4.21 Å². The van der Waals surface area contributed by atoms with Gasteiger partial charge in [0.2, 0.25) is 0 Å². The van der Waals surface area contributed by atoms with Crippen molar-refractivity contribution in [1.29, 1.82) is 0 Å². The average molecular weight is 209 g/mol. The minimum Gasteiger partial charge on any atom is -0.399 e. The Hall–Kier alpha value is -0.830. The fourth-order valence-corrected chi connectivity index (χ4v) is 3.55. The molecule has 0 saturated heterocycles. The second-order valence-corrected chi connectivity index (χ2v) is 5.51. The highest BCUT2D eigenvalue weighted by Gasteiger charge is 2.22. The number of hydrogen-bond donors (Lipinski definition) is 1. The number of anilines is 1. The molecule has 1 unspecified atom stereocenters. The molecule has 3 heteroatoms. The molecule has 1 aromatic rings. The summed E-state index contributed by atoms with van der Waals surface area (Å²) in [5, 5.41) is 0.358. The van der Waals surface area contributed by atoms with Crippen molar-refractivity contribution in [1.82, 2.24) is 0 Å². The van der Waals surface area contributed by atoms with Crippen LogP contribution in [0.1, 0.15) is 25.7 Å². The summed E-state index contributed by atoms with van der Waals surface area (Å²) in [6.45, 7) is 0. The Morgan fingerprint density at radius 3 is 2.64 bits per heavy atom. The summed E-state index contributed by atoms with van der Waals surface area (Å²) in [4.78, 5) is 0.886. The van der Waals surface area contributed by atoms with Crippen LogP contribution in [0, 0.1) is 0 Å². The van der Waals surface area contributed by atoms with Gasteiger partial charge in [-0.25, -0.2) is 0 Å². The minimum absolute atomic E-state index is 0.358. The van der Waals surface area contributed by atoms with Crippen molar-refractivity contribution in [2.45, 2.75) is 35.8 Å². The third-order valence-electron chi connectivity index (χ3n) is 2.70. The predicted molar refractivity (Wildman–Crippen MR) is 59.5 cm³/mol. The van der Waals surface area contributed by atoms with E-state index in [-0.39, 0.29) is 0 Å². The van der Waals surface area contributed by atoms with Gasteiger partial charge in [0.15, 0.2) is 0 Å². The molecule has 2 N–H and O–H groups in total. The van der Waals surface area contributed by atoms with Crippen LogP contribution in [0.15, 0.2) is 29.2 Å². The summed E-state index contributed by atoms with van der Waals surface area (Å²) in [5.41, 5.74) is 6.36. The van der Waals surface area contributed by atoms with Crippen LogP contribution in [-0.2, 0) is 10.8 Å². The highest BCUT2D eigenvalue weighted by molar-refractivity contribution is 7.85. The second-order valence-electron chi connectivity index (χ2n) is 3.78. The molecule has 1 atom stereocenters. The molecule has 1 aromatic carbocycles. The van der Waals surface area contributed by atoms with Gasteiger partial charge in [-0.3, -0.25) is 4.21 Å². The highest BCUT2D eigenvalue weighted by atomic mass is 32.2. The SMILES string of the molecule is Nc1cccc(S(=O)C2CCCC2)c1. The fourth-order valence-electron chi connectivity index (χ4n) is 1.93. The van der Waals surface area contributed by atoms with Crippen LogP contribution in [-0.4, -0.2) is 9.46 Å². The van der Waals surface area contributed by atoms with Crippen LogP contribution in [0.5, 0.6) is 0 Å². The van der Waals surface area contributed by atoms with Crippen molar-refractivity contribution in [3.8, 4) is 0 Å². The van der Waals surface area contributed by atoms with Crippen molar-refractivity contribution in [2.24, 2.45) is 0 Å². The lowest BCUT2D eigenvalue weighted by Gasteiger charge is -2.09. The zero-order valence-electron chi connectivity index (χ0n) is 8.11. The van der Waals surface area contributed by atoms with Gasteiger partial charge in [0.1, 0.15) is 0 Å². The van der Waals surface area contributed by atoms with Crippen LogP contribution >= 0.6 is 0 Å². The van der Waals surface area contributed by atoms with E-state index < -0.39 is 10.8 Å². The first kappa shape index (κ1) is 9.71. The van der Waals surface area contributed by atoms with Crippen LogP contribution in [0.25, 0.3) is 0 Å². The van der Waals surface area contributed by atoms with Gasteiger partial charge in [-0.15, -0.1) is 0 Å². The number of nitrogen functional groups attached to an aromatic ring is 1. The third-order valence-corrected chi connectivity index (χ3v) is 4.49. The average Bonchev–Trinajstić information content (AvgIpc) is 2.69. The van der Waals surface area contributed by atoms with Gasteiger partial charge in [-0.2, -0.15) is 0 Å². The van der Waals surface area contributed by atoms with Gasteiger partial charge >= 0.3 is 0 Å². The maximum Gasteiger partial charge on any atom is 0.0561 e. The maximum atomic E-state index is 12.1. The zero-order valence-corrected chi connectivity index (χ0v) is 8.93. The standard InChI is InChI=1S/C11H15NOS/c12-9-4-3-7-11(8-9)14(13)10-5-1-2-6-10/h3-4,7-8,10H,1-2,5-6,12H2. The van der Waals surface area contributed by atoms with Crippen LogP contribution in [0.4, 0.5) is 5.69 Å². The van der Waals surface area contributed by atoms with Crippen molar-refractivity contribution in [3.05, 3.63) is 24.3 Å². The largest absolute Gasteiger partial charge is 0.399 e. The molecule has 0 radical (unpaired) electrons. The molecule has 1 aliphatic carbocycles. The van der Waals surface area contributed by atoms with Crippen LogP contribution in [0.2, 0.25) is 0 Å². The van der Waals surface area contributed by atoms with Gasteiger partial charge < -0.3 is 5.73 Å². The van der Waals surface area contributed by atoms with E-state index >= 15 is 0 Å². The summed E-state index contributed by atoms with van der Waals surface area (Å²) < 4.78 is 12.1. The van der Waals surface area contributed by atoms with Crippen molar-refractivity contribution >= 4 is 16.5 Å². The van der Waals surface area contributed by atoms with Crippen molar-refractivity contribution < 1.29 is 4.21 Å². The van der Waals surface area contributed by atoms with E-state index in [1.54, 1.807) is 0 Å². The summed E-state index contributed by atoms with van der Waals surface area (Å²) >= 11 is 0. The summed E-state index contributed by atoms with van der Waals surface area (Å²) in [6.07, 6.45) is 4.64. The van der Waals surface area contributed by atoms with Gasteiger partial charge in [0.05, 0.1) is 10.8 Å². The van der Waals surface area contributed by atoms with E-state index in [0.717, 1.165) is 17.7 Å². The molecule has 2 rings (SSSR count). The molecule has 1 fully saturated rings. The van der Waals surface area contributed by atoms with Gasteiger partial charge in [0, 0.05) is 15.8 Å². The molecule has 0 amide bonds. The highest BCUT2D eigenvalue weighted by Crippen LogP contribution is 2.27. The molecule has 0 aliphatic heterocycles. The Morgan fingerprint density at radius 2 is 2.00 bits per heavy atom. The van der Waals surface area contributed by atoms with E-state index in [4.69, 9.17) is 5.73 Å². The Kier molecular flexibility index (Phi) is 2.87. The normalized spacial score (nSPS) is 19.7. The first-order chi connectivity index (χ1) is 6.77. The minimum atomic E-state index is -0.849. The molecule has 0 heterocycles. The lowest BCUT2D eigenvalue weighted by molar-refractivity contribution is 0.669. The molecule has 14 heavy (non-hydrogen) atoms. The van der Waals surface area contributed by atoms with Gasteiger partial charge in [-0.05, 0) is 31.0 Å². The molecule has 1 aliphatic rings. The molecule has 2 nitrogen and oxygen atoms in total. The smallest absolute Gasteiger partial charge is 0.0561 e. The maximum absolute atomic E-state index is 12.1. The molecule has 0 spiro atoms. The van der Waals surface area contributed by atoms with Crippen LogP contribution in [0.3, 0.4) is 0 Å². The Morgan fingerprint density at radius 1 is 1.29 bits per heavy atom. The Labute approximate surface area is 87.0 Å². The summed E-state index contributed by atoms with van der Waals surface area (Å²) in [5.74, 6) is 0. The molecular weight excluding hydrogens is 194 g/mol.